The number of carboxylic acid groups (broad SMARTS) is 1. The van der Waals surface area contributed by atoms with Gasteiger partial charge in [-0.05, 0) is 72.9 Å². The first-order valence-electron chi connectivity index (χ1n) is 24.5. The topological polar surface area (TPSA) is 354 Å². The number of aromatic nitrogens is 1. The minimum absolute atomic E-state index is 0.0288. The highest BCUT2D eigenvalue weighted by Gasteiger charge is 2.76. The molecule has 2 saturated heterocycles. The van der Waals surface area contributed by atoms with Crippen LogP contribution in [0.25, 0.3) is 0 Å². The normalized spacial score (nSPS) is 33.5. The molecule has 2 aliphatic heterocycles. The monoisotopic (exact) mass is 1060 g/mol. The number of aliphatic carboxylic acids is 1. The van der Waals surface area contributed by atoms with E-state index in [0.29, 0.717) is 35.4 Å². The lowest BCUT2D eigenvalue weighted by molar-refractivity contribution is -0.271. The van der Waals surface area contributed by atoms with E-state index in [-0.39, 0.29) is 66.8 Å². The molecule has 9 rings (SSSR count). The van der Waals surface area contributed by atoms with Gasteiger partial charge in [0, 0.05) is 47.1 Å². The maximum atomic E-state index is 14.0. The molecule has 402 valence electrons. The highest BCUT2D eigenvalue weighted by Crippen LogP contribution is 2.70. The summed E-state index contributed by atoms with van der Waals surface area (Å²) >= 11 is 1.29. The number of aliphatic hydroxyl groups is 5. The van der Waals surface area contributed by atoms with Crippen LogP contribution in [0.15, 0.2) is 71.6 Å². The Hall–Kier alpha value is -6.03. The van der Waals surface area contributed by atoms with Crippen LogP contribution in [0, 0.1) is 28.6 Å². The van der Waals surface area contributed by atoms with Gasteiger partial charge in [-0.2, -0.15) is 0 Å². The van der Waals surface area contributed by atoms with E-state index in [1.54, 1.807) is 17.5 Å². The molecule has 0 unspecified atom stereocenters. The van der Waals surface area contributed by atoms with Crippen LogP contribution in [0.2, 0.25) is 0 Å². The predicted octanol–water partition coefficient (Wildman–Crippen LogP) is 1.69. The number of ether oxygens (including phenoxy) is 5. The third-order valence-corrected chi connectivity index (χ3v) is 16.7. The largest absolute Gasteiger partial charge is 0.479 e. The zero-order chi connectivity index (χ0) is 53.6. The second-order valence-electron chi connectivity index (χ2n) is 20.2. The number of Topliss-reactive ketones (excluding diaryl/α,β-unsaturated/α-hetero) is 1. The second-order valence-corrected chi connectivity index (χ2v) is 21.2. The van der Waals surface area contributed by atoms with Crippen LogP contribution >= 0.6 is 11.3 Å². The van der Waals surface area contributed by atoms with Crippen LogP contribution in [-0.2, 0) is 60.8 Å². The minimum atomic E-state index is -1.98. The molecular formula is C51H59N5O18S. The lowest BCUT2D eigenvalue weighted by Gasteiger charge is -2.59. The van der Waals surface area contributed by atoms with E-state index in [9.17, 15) is 59.4 Å². The van der Waals surface area contributed by atoms with E-state index >= 15 is 0 Å². The Balaban J connectivity index is 0.812. The van der Waals surface area contributed by atoms with E-state index in [2.05, 4.69) is 32.7 Å². The number of carbonyl (C=O) groups excluding carboxylic acids is 5. The van der Waals surface area contributed by atoms with Crippen molar-refractivity contribution < 1.29 is 87.9 Å². The zero-order valence-corrected chi connectivity index (χ0v) is 41.6. The number of carboxylic acids is 1. The van der Waals surface area contributed by atoms with Gasteiger partial charge in [0.2, 0.25) is 18.1 Å². The van der Waals surface area contributed by atoms with Crippen molar-refractivity contribution in [2.45, 2.75) is 114 Å². The Kier molecular flexibility index (Phi) is 15.4. The highest BCUT2D eigenvalue weighted by molar-refractivity contribution is 7.10. The number of carbonyl (C=O) groups is 6. The number of hydrogen-bond acceptors (Lipinski definition) is 20. The first-order chi connectivity index (χ1) is 35.8. The molecule has 0 bridgehead atoms. The molecule has 3 heterocycles. The summed E-state index contributed by atoms with van der Waals surface area (Å²) in [6.45, 7) is 2.44. The van der Waals surface area contributed by atoms with Crippen molar-refractivity contribution >= 4 is 58.3 Å². The predicted molar refractivity (Wildman–Crippen MR) is 260 cm³/mol. The van der Waals surface area contributed by atoms with E-state index < -0.39 is 109 Å². The third-order valence-electron chi connectivity index (χ3n) is 15.8. The molecule has 3 aromatic rings. The summed E-state index contributed by atoms with van der Waals surface area (Å²) in [6, 6.07) is 11.5. The molecule has 14 atom stereocenters. The maximum Gasteiger partial charge on any atom is 0.413 e. The summed E-state index contributed by atoms with van der Waals surface area (Å²) in [5, 5.41) is 72.6. The number of anilines is 2. The van der Waals surface area contributed by atoms with Crippen molar-refractivity contribution in [3.63, 3.8) is 0 Å². The standard InChI is InChI=1S/C51H59N5O18S/c1-49-13-11-28(58)17-27(49)8-9-29-30-18-35-51(34(60)20-57,50(30,2)19-32(59)40(29)49)74-46(72-35)26-6-3-24(4-7-26)16-39-55-36(23-75-39)56-48(68)69-21-25-5-10-33(31(15-25)54-37(61)12-14-53-38(62)22-70-52)71-47-43(65)41(63)42(64)44(73-47)45(66)67/h3-7,10-11,13,15,17,23,29-30,32,35,40-44,46-47,57,59,63-65H,8-9,12,14,16,18-22,52H2,1-2H3,(H,53,62)(H,54,61)(H,56,68)(H,66,67)/t29-,30-,32-,35+,40+,41-,42-,43+,44-,46+,47+,49-,50-,51+/m0/s1. The minimum Gasteiger partial charge on any atom is -0.479 e. The van der Waals surface area contributed by atoms with Gasteiger partial charge in [0.25, 0.3) is 0 Å². The number of hydrogen-bond donors (Lipinski definition) is 10. The van der Waals surface area contributed by atoms with Gasteiger partial charge in [0.15, 0.2) is 29.6 Å². The quantitative estimate of drug-likeness (QED) is 0.0860. The maximum absolute atomic E-state index is 14.0. The lowest BCUT2D eigenvalue weighted by Crippen LogP contribution is -2.63. The molecule has 11 N–H and O–H groups in total. The van der Waals surface area contributed by atoms with Crippen molar-refractivity contribution in [2.75, 3.05) is 30.4 Å². The van der Waals surface area contributed by atoms with E-state index in [1.807, 2.05) is 37.3 Å². The molecule has 0 spiro atoms. The smallest absolute Gasteiger partial charge is 0.413 e. The van der Waals surface area contributed by atoms with Gasteiger partial charge < -0.3 is 65.0 Å². The fourth-order valence-corrected chi connectivity index (χ4v) is 13.1. The lowest BCUT2D eigenvalue weighted by atomic mass is 9.46. The number of allylic oxidation sites excluding steroid dienone is 4. The number of benzene rings is 2. The Morgan fingerprint density at radius 3 is 2.45 bits per heavy atom. The van der Waals surface area contributed by atoms with E-state index in [4.69, 9.17) is 29.6 Å². The van der Waals surface area contributed by atoms with Crippen LogP contribution in [0.5, 0.6) is 5.75 Å². The van der Waals surface area contributed by atoms with Gasteiger partial charge in [-0.1, -0.05) is 55.8 Å². The third kappa shape index (κ3) is 10.2. The summed E-state index contributed by atoms with van der Waals surface area (Å²) in [5.41, 5.74) is 0.00421. The van der Waals surface area contributed by atoms with Crippen LogP contribution in [0.4, 0.5) is 16.3 Å². The second kappa shape index (κ2) is 21.5. The number of nitrogens with one attached hydrogen (secondary N) is 3. The van der Waals surface area contributed by atoms with Crippen LogP contribution < -0.4 is 26.6 Å². The highest BCUT2D eigenvalue weighted by atomic mass is 32.1. The molecule has 6 aliphatic rings. The summed E-state index contributed by atoms with van der Waals surface area (Å²) in [5.74, 6) is 1.40. The first kappa shape index (κ1) is 53.8. The molecule has 3 saturated carbocycles. The van der Waals surface area contributed by atoms with E-state index in [0.717, 1.165) is 17.6 Å². The fourth-order valence-electron chi connectivity index (χ4n) is 12.3. The number of nitrogens with zero attached hydrogens (tertiary/aromatic N) is 1. The number of rotatable bonds is 17. The van der Waals surface area contributed by atoms with Crippen molar-refractivity contribution in [2.24, 2.45) is 34.5 Å². The van der Waals surface area contributed by atoms with Gasteiger partial charge >= 0.3 is 12.1 Å². The zero-order valence-electron chi connectivity index (χ0n) is 40.8. The van der Waals surface area contributed by atoms with Gasteiger partial charge in [-0.15, -0.1) is 11.3 Å². The van der Waals surface area contributed by atoms with Crippen LogP contribution in [0.3, 0.4) is 0 Å². The van der Waals surface area contributed by atoms with Gasteiger partial charge in [0.1, 0.15) is 49.7 Å². The molecule has 1 aromatic heterocycles. The van der Waals surface area contributed by atoms with Crippen molar-refractivity contribution in [3.8, 4) is 5.75 Å². The molecule has 2 aromatic carbocycles. The Morgan fingerprint density at radius 2 is 1.72 bits per heavy atom. The molecule has 75 heavy (non-hydrogen) atoms. The number of thiazole rings is 1. The number of amides is 3. The molecule has 4 aliphatic carbocycles. The van der Waals surface area contributed by atoms with Crippen LogP contribution in [0.1, 0.15) is 73.9 Å². The van der Waals surface area contributed by atoms with Crippen molar-refractivity contribution in [3.05, 3.63) is 93.3 Å². The summed E-state index contributed by atoms with van der Waals surface area (Å²) in [6.07, 6.45) is -5.27. The first-order valence-corrected chi connectivity index (χ1v) is 25.3. The average molecular weight is 1060 g/mol. The molecule has 5 fully saturated rings. The summed E-state index contributed by atoms with van der Waals surface area (Å²) in [4.78, 5) is 84.4. The molecule has 3 amide bonds. The Bertz CT molecular complexity index is 2770. The van der Waals surface area contributed by atoms with E-state index in [1.165, 1.54) is 29.5 Å². The van der Waals surface area contributed by atoms with Gasteiger partial charge in [-0.3, -0.25) is 29.3 Å². The van der Waals surface area contributed by atoms with Crippen molar-refractivity contribution in [1.29, 1.82) is 0 Å². The SMILES string of the molecule is C[C@]12C=CC(=O)C=C1CC[C@@H]1[C@@H]2[C@@H](O)C[C@@]2(C)[C@H]1C[C@H]1O[C@@H](c3ccc(Cc4nc(NC(=O)OCc5ccc(O[C@@H]6O[C@H](C(=O)O)[C@@H](O)[C@H](O)[C@H]6O)c(NC(=O)CCNC(=O)CON)c5)cs4)cc3)O[C@]12C(=O)CO. The molecule has 24 heteroatoms. The molecule has 0 radical (unpaired) electrons. The number of ketones is 2. The average Bonchev–Trinajstić information content (AvgIpc) is 4.16. The Labute approximate surface area is 432 Å². The Morgan fingerprint density at radius 1 is 0.960 bits per heavy atom. The van der Waals surface area contributed by atoms with Crippen LogP contribution in [-0.4, -0.2) is 139 Å². The summed E-state index contributed by atoms with van der Waals surface area (Å²) in [7, 11) is 0. The number of fused-ring (bicyclic) bond motifs is 7. The van der Waals surface area contributed by atoms with Gasteiger partial charge in [0.05, 0.1) is 22.9 Å². The summed E-state index contributed by atoms with van der Waals surface area (Å²) < 4.78 is 29.7. The molecule has 23 nitrogen and oxygen atoms in total. The fraction of sp³-hybridized carbons (Fsp3) is 0.510. The number of aliphatic hydroxyl groups excluding tert-OH is 5. The number of nitrogens with two attached hydrogens (primary N) is 1. The van der Waals surface area contributed by atoms with Gasteiger partial charge in [-0.25, -0.2) is 20.5 Å². The molecular weight excluding hydrogens is 1000 g/mol. The van der Waals surface area contributed by atoms with Crippen molar-refractivity contribution in [1.82, 2.24) is 10.3 Å².